The van der Waals surface area contributed by atoms with Gasteiger partial charge in [-0.25, -0.2) is 8.78 Å². The van der Waals surface area contributed by atoms with Gasteiger partial charge in [-0.05, 0) is 17.7 Å². The Morgan fingerprint density at radius 2 is 1.70 bits per heavy atom. The highest BCUT2D eigenvalue weighted by atomic mass is 19.1. The van der Waals surface area contributed by atoms with Gasteiger partial charge in [0.05, 0.1) is 6.54 Å². The molecule has 0 saturated heterocycles. The van der Waals surface area contributed by atoms with Gasteiger partial charge in [-0.3, -0.25) is 9.48 Å². The molecule has 116 valence electrons. The molecule has 0 atom stereocenters. The fourth-order valence-electron chi connectivity index (χ4n) is 2.18. The lowest BCUT2D eigenvalue weighted by Gasteiger charge is -2.05. The van der Waals surface area contributed by atoms with E-state index in [4.69, 9.17) is 0 Å². The van der Waals surface area contributed by atoms with Crippen molar-refractivity contribution in [2.75, 3.05) is 5.32 Å². The lowest BCUT2D eigenvalue weighted by molar-refractivity contribution is 0.101. The van der Waals surface area contributed by atoms with Crippen molar-refractivity contribution in [1.29, 1.82) is 0 Å². The fraction of sp³-hybridized carbons (Fsp3) is 0.0588. The van der Waals surface area contributed by atoms with E-state index in [1.165, 1.54) is 6.07 Å². The quantitative estimate of drug-likeness (QED) is 0.802. The van der Waals surface area contributed by atoms with E-state index in [0.29, 0.717) is 6.54 Å². The first-order chi connectivity index (χ1) is 11.1. The molecule has 0 fully saturated rings. The third kappa shape index (κ3) is 3.42. The van der Waals surface area contributed by atoms with Crippen molar-refractivity contribution in [3.8, 4) is 0 Å². The van der Waals surface area contributed by atoms with E-state index in [0.717, 1.165) is 17.7 Å². The highest BCUT2D eigenvalue weighted by Gasteiger charge is 2.17. The van der Waals surface area contributed by atoms with Crippen molar-refractivity contribution in [1.82, 2.24) is 9.78 Å². The van der Waals surface area contributed by atoms with Gasteiger partial charge >= 0.3 is 0 Å². The summed E-state index contributed by atoms with van der Waals surface area (Å²) in [7, 11) is 0. The second kappa shape index (κ2) is 6.39. The molecule has 0 radical (unpaired) electrons. The van der Waals surface area contributed by atoms with Crippen LogP contribution in [0, 0.1) is 11.6 Å². The van der Waals surface area contributed by atoms with Crippen LogP contribution < -0.4 is 5.32 Å². The molecule has 0 aliphatic carbocycles. The molecule has 0 spiro atoms. The van der Waals surface area contributed by atoms with Gasteiger partial charge in [0.15, 0.2) is 5.82 Å². The van der Waals surface area contributed by atoms with Gasteiger partial charge in [0, 0.05) is 12.3 Å². The molecule has 0 bridgehead atoms. The molecule has 1 N–H and O–H groups in total. The molecule has 0 aliphatic heterocycles. The number of hydrogen-bond donors (Lipinski definition) is 1. The standard InChI is InChI=1S/C17H13F2N3O/c18-13-7-4-8-14(19)16(13)17(23)20-15-9-10-22(21-15)11-12-5-2-1-3-6-12/h1-10H,11H2,(H,20,21,23). The summed E-state index contributed by atoms with van der Waals surface area (Å²) in [5, 5.41) is 6.57. The highest BCUT2D eigenvalue weighted by Crippen LogP contribution is 2.14. The first-order valence-electron chi connectivity index (χ1n) is 6.96. The number of hydrogen-bond acceptors (Lipinski definition) is 2. The molecule has 0 saturated carbocycles. The van der Waals surface area contributed by atoms with Crippen LogP contribution in [0.5, 0.6) is 0 Å². The van der Waals surface area contributed by atoms with Gasteiger partial charge in [0.25, 0.3) is 5.91 Å². The molecule has 0 aliphatic rings. The molecular formula is C17H13F2N3O. The smallest absolute Gasteiger partial charge is 0.262 e. The van der Waals surface area contributed by atoms with Crippen molar-refractivity contribution in [2.45, 2.75) is 6.54 Å². The van der Waals surface area contributed by atoms with E-state index >= 15 is 0 Å². The average molecular weight is 313 g/mol. The predicted octanol–water partition coefficient (Wildman–Crippen LogP) is 3.46. The van der Waals surface area contributed by atoms with Gasteiger partial charge in [0.2, 0.25) is 0 Å². The molecule has 6 heteroatoms. The van der Waals surface area contributed by atoms with Gasteiger partial charge < -0.3 is 5.32 Å². The molecule has 1 heterocycles. The topological polar surface area (TPSA) is 46.9 Å². The van der Waals surface area contributed by atoms with Gasteiger partial charge in [-0.2, -0.15) is 5.10 Å². The number of carbonyl (C=O) groups excluding carboxylic acids is 1. The Kier molecular flexibility index (Phi) is 4.14. The van der Waals surface area contributed by atoms with Crippen molar-refractivity contribution in [3.63, 3.8) is 0 Å². The van der Waals surface area contributed by atoms with E-state index in [1.807, 2.05) is 30.3 Å². The van der Waals surface area contributed by atoms with Gasteiger partial charge in [0.1, 0.15) is 17.2 Å². The zero-order chi connectivity index (χ0) is 16.2. The Bertz CT molecular complexity index is 811. The molecule has 3 rings (SSSR count). The molecule has 3 aromatic rings. The van der Waals surface area contributed by atoms with E-state index < -0.39 is 23.1 Å². The Morgan fingerprint density at radius 3 is 2.39 bits per heavy atom. The first-order valence-corrected chi connectivity index (χ1v) is 6.96. The average Bonchev–Trinajstić information content (AvgIpc) is 2.95. The maximum absolute atomic E-state index is 13.6. The second-order valence-electron chi connectivity index (χ2n) is 4.93. The van der Waals surface area contributed by atoms with E-state index in [1.54, 1.807) is 16.9 Å². The minimum Gasteiger partial charge on any atom is -0.305 e. The Morgan fingerprint density at radius 1 is 1.00 bits per heavy atom. The zero-order valence-corrected chi connectivity index (χ0v) is 12.0. The summed E-state index contributed by atoms with van der Waals surface area (Å²) in [5.74, 6) is -2.46. The monoisotopic (exact) mass is 313 g/mol. The molecule has 0 unspecified atom stereocenters. The fourth-order valence-corrected chi connectivity index (χ4v) is 2.18. The van der Waals surface area contributed by atoms with Crippen LogP contribution in [0.15, 0.2) is 60.8 Å². The molecular weight excluding hydrogens is 300 g/mol. The Balaban J connectivity index is 1.73. The lowest BCUT2D eigenvalue weighted by atomic mass is 10.2. The van der Waals surface area contributed by atoms with Crippen LogP contribution in [0.25, 0.3) is 0 Å². The maximum atomic E-state index is 13.6. The van der Waals surface area contributed by atoms with E-state index in [-0.39, 0.29) is 5.82 Å². The second-order valence-corrected chi connectivity index (χ2v) is 4.93. The van der Waals surface area contributed by atoms with Crippen molar-refractivity contribution in [2.24, 2.45) is 0 Å². The third-order valence-electron chi connectivity index (χ3n) is 3.26. The zero-order valence-electron chi connectivity index (χ0n) is 12.0. The summed E-state index contributed by atoms with van der Waals surface area (Å²) in [4.78, 5) is 12.0. The predicted molar refractivity (Wildman–Crippen MR) is 82.1 cm³/mol. The van der Waals surface area contributed by atoms with Crippen LogP contribution in [0.4, 0.5) is 14.6 Å². The maximum Gasteiger partial charge on any atom is 0.262 e. The largest absolute Gasteiger partial charge is 0.305 e. The highest BCUT2D eigenvalue weighted by molar-refractivity contribution is 6.04. The SMILES string of the molecule is O=C(Nc1ccn(Cc2ccccc2)n1)c1c(F)cccc1F. The van der Waals surface area contributed by atoms with Crippen molar-refractivity contribution < 1.29 is 13.6 Å². The summed E-state index contributed by atoms with van der Waals surface area (Å²) in [6, 6.07) is 14.5. The first kappa shape index (κ1) is 14.9. The van der Waals surface area contributed by atoms with E-state index in [2.05, 4.69) is 10.4 Å². The molecule has 2 aromatic carbocycles. The van der Waals surface area contributed by atoms with Crippen LogP contribution in [0.3, 0.4) is 0 Å². The van der Waals surface area contributed by atoms with Crippen LogP contribution in [0.2, 0.25) is 0 Å². The molecule has 1 amide bonds. The minimum absolute atomic E-state index is 0.230. The number of rotatable bonds is 4. The number of halogens is 2. The lowest BCUT2D eigenvalue weighted by Crippen LogP contribution is -2.16. The van der Waals surface area contributed by atoms with Crippen LogP contribution >= 0.6 is 0 Å². The van der Waals surface area contributed by atoms with Crippen LogP contribution in [0.1, 0.15) is 15.9 Å². The Labute approximate surface area is 131 Å². The van der Waals surface area contributed by atoms with Gasteiger partial charge in [-0.15, -0.1) is 0 Å². The number of aromatic nitrogens is 2. The summed E-state index contributed by atoms with van der Waals surface area (Å²) >= 11 is 0. The molecule has 4 nitrogen and oxygen atoms in total. The summed E-state index contributed by atoms with van der Waals surface area (Å²) < 4.78 is 28.8. The molecule has 1 aromatic heterocycles. The molecule has 23 heavy (non-hydrogen) atoms. The number of anilines is 1. The van der Waals surface area contributed by atoms with Gasteiger partial charge in [-0.1, -0.05) is 36.4 Å². The minimum atomic E-state index is -0.911. The van der Waals surface area contributed by atoms with Crippen LogP contribution in [-0.4, -0.2) is 15.7 Å². The van der Waals surface area contributed by atoms with E-state index in [9.17, 15) is 13.6 Å². The van der Waals surface area contributed by atoms with Crippen LogP contribution in [-0.2, 0) is 6.54 Å². The summed E-state index contributed by atoms with van der Waals surface area (Å²) in [6.45, 7) is 0.533. The van der Waals surface area contributed by atoms with Crippen molar-refractivity contribution in [3.05, 3.63) is 83.6 Å². The number of amides is 1. The summed E-state index contributed by atoms with van der Waals surface area (Å²) in [5.41, 5.74) is 0.429. The normalized spacial score (nSPS) is 10.5. The third-order valence-corrected chi connectivity index (χ3v) is 3.26. The number of benzene rings is 2. The number of carbonyl (C=O) groups is 1. The summed E-state index contributed by atoms with van der Waals surface area (Å²) in [6.07, 6.45) is 1.68. The number of nitrogens with zero attached hydrogens (tertiary/aromatic N) is 2. The Hall–Kier alpha value is -3.02. The number of nitrogens with one attached hydrogen (secondary N) is 1. The van der Waals surface area contributed by atoms with Crippen molar-refractivity contribution >= 4 is 11.7 Å².